The van der Waals surface area contributed by atoms with Crippen LogP contribution in [0, 0.1) is 0 Å². The third-order valence-corrected chi connectivity index (χ3v) is 11.0. The molecular formula is C37H48N6O9S2. The normalized spacial score (nSPS) is 17.4. The Kier molecular flexibility index (Phi) is 12.6. The zero-order chi connectivity index (χ0) is 38.4. The Hall–Kier alpha value is -4.48. The van der Waals surface area contributed by atoms with Gasteiger partial charge in [-0.3, -0.25) is 9.82 Å². The van der Waals surface area contributed by atoms with Gasteiger partial charge in [-0.1, -0.05) is 33.6 Å². The van der Waals surface area contributed by atoms with Gasteiger partial charge in [-0.2, -0.15) is 13.1 Å². The molecule has 2 aromatic heterocycles. The second-order valence-electron chi connectivity index (χ2n) is 14.7. The molecule has 6 rings (SSSR count). The number of methoxy groups -OCH3 is 1. The summed E-state index contributed by atoms with van der Waals surface area (Å²) < 4.78 is 62.1. The van der Waals surface area contributed by atoms with Crippen molar-refractivity contribution in [2.45, 2.75) is 116 Å². The highest BCUT2D eigenvalue weighted by atomic mass is 32.2. The second-order valence-corrected chi connectivity index (χ2v) is 16.4. The molecule has 0 amide bonds. The maximum atomic E-state index is 13.3. The number of benzene rings is 2. The number of aromatic amines is 1. The van der Waals surface area contributed by atoms with Gasteiger partial charge in [0.25, 0.3) is 11.3 Å². The summed E-state index contributed by atoms with van der Waals surface area (Å²) in [6.45, 7) is 8.01. The van der Waals surface area contributed by atoms with E-state index in [0.717, 1.165) is 69.9 Å². The molecule has 3 atom stereocenters. The van der Waals surface area contributed by atoms with E-state index in [1.54, 1.807) is 23.6 Å². The van der Waals surface area contributed by atoms with E-state index in [2.05, 4.69) is 45.5 Å². The van der Waals surface area contributed by atoms with Crippen molar-refractivity contribution in [3.05, 3.63) is 65.1 Å². The van der Waals surface area contributed by atoms with Gasteiger partial charge in [0.2, 0.25) is 0 Å². The number of rotatable bonds is 14. The predicted octanol–water partition coefficient (Wildman–Crippen LogP) is 6.72. The van der Waals surface area contributed by atoms with E-state index in [4.69, 9.17) is 22.6 Å². The number of hydrogen-bond donors (Lipinski definition) is 3. The summed E-state index contributed by atoms with van der Waals surface area (Å²) in [6, 6.07) is 10.2. The molecule has 2 aromatic carbocycles. The van der Waals surface area contributed by atoms with Crippen LogP contribution >= 0.6 is 0 Å². The Morgan fingerprint density at radius 3 is 2.00 bits per heavy atom. The van der Waals surface area contributed by atoms with Crippen molar-refractivity contribution >= 4 is 45.8 Å². The van der Waals surface area contributed by atoms with Gasteiger partial charge in [0.15, 0.2) is 23.0 Å². The summed E-state index contributed by atoms with van der Waals surface area (Å²) in [5.74, 6) is -0.339. The highest BCUT2D eigenvalue weighted by Crippen LogP contribution is 2.32. The topological polar surface area (TPSA) is 184 Å². The largest absolute Gasteiger partial charge is 0.493 e. The number of fused-ring (bicyclic) bond motifs is 1. The lowest BCUT2D eigenvalue weighted by molar-refractivity contribution is 0.0209. The van der Waals surface area contributed by atoms with E-state index in [9.17, 15) is 18.0 Å². The van der Waals surface area contributed by atoms with Gasteiger partial charge in [0, 0.05) is 23.2 Å². The number of carbonyl (C=O) groups excluding carboxylic acids is 2. The molecule has 2 aliphatic rings. The fraction of sp³-hybridized carbons (Fsp3) is 0.514. The van der Waals surface area contributed by atoms with Gasteiger partial charge in [0.1, 0.15) is 18.0 Å². The van der Waals surface area contributed by atoms with Crippen molar-refractivity contribution in [1.29, 1.82) is 0 Å². The number of hydrogen-bond acceptors (Lipinski definition) is 11. The number of H-pyrrole nitrogens is 1. The lowest BCUT2D eigenvalue weighted by Crippen LogP contribution is -2.27. The number of nitrogens with one attached hydrogen (secondary N) is 3. The van der Waals surface area contributed by atoms with Crippen LogP contribution in [0.25, 0.3) is 5.65 Å². The molecule has 3 N–H and O–H groups in total. The molecule has 0 radical (unpaired) electrons. The molecule has 0 bridgehead atoms. The Bertz CT molecular complexity index is 1950. The summed E-state index contributed by atoms with van der Waals surface area (Å²) in [5, 5.41) is 11.8. The van der Waals surface area contributed by atoms with Crippen LogP contribution < -0.4 is 22.5 Å². The minimum Gasteiger partial charge on any atom is -0.493 e. The number of ether oxygens (including phenoxy) is 3. The fourth-order valence-corrected chi connectivity index (χ4v) is 7.83. The zero-order valence-corrected chi connectivity index (χ0v) is 32.8. The van der Waals surface area contributed by atoms with Crippen molar-refractivity contribution in [2.24, 2.45) is 0 Å². The first kappa shape index (κ1) is 39.2. The van der Waals surface area contributed by atoms with Crippen LogP contribution in [0.1, 0.15) is 130 Å². The minimum atomic E-state index is -2.22. The lowest BCUT2D eigenvalue weighted by Gasteiger charge is -2.23. The van der Waals surface area contributed by atoms with Crippen LogP contribution in [0.3, 0.4) is 0 Å². The maximum absolute atomic E-state index is 13.3. The Labute approximate surface area is 319 Å². The van der Waals surface area contributed by atoms with E-state index in [-0.39, 0.29) is 51.7 Å². The highest BCUT2D eigenvalue weighted by Gasteiger charge is 2.25. The molecule has 0 saturated heterocycles. The van der Waals surface area contributed by atoms with Crippen molar-refractivity contribution in [1.82, 2.24) is 24.5 Å². The molecule has 4 aromatic rings. The average Bonchev–Trinajstić information content (AvgIpc) is 3.75. The predicted molar refractivity (Wildman–Crippen MR) is 203 cm³/mol. The Balaban J connectivity index is 1.13. The fourth-order valence-electron chi connectivity index (χ4n) is 6.46. The SMILES string of the molecule is COc1ccc(NS(=O)Oc2cc(C(=O)OC3CCCCC3)cc(C(=O)OC3CCCCC3)c2)cc1OS(=O)NC(C)c1nnc2cc(C(C)(C)C)[nH]n12. The Morgan fingerprint density at radius 2 is 1.43 bits per heavy atom. The van der Waals surface area contributed by atoms with Crippen molar-refractivity contribution in [3.8, 4) is 17.2 Å². The van der Waals surface area contributed by atoms with Crippen molar-refractivity contribution in [3.63, 3.8) is 0 Å². The van der Waals surface area contributed by atoms with Gasteiger partial charge in [-0.05, 0) is 88.6 Å². The van der Waals surface area contributed by atoms with E-state index in [1.165, 1.54) is 31.4 Å². The number of nitrogens with zero attached hydrogens (tertiary/aromatic N) is 3. The summed E-state index contributed by atoms with van der Waals surface area (Å²) in [5.41, 5.74) is 1.92. The quantitative estimate of drug-likeness (QED) is 0.115. The molecular weight excluding hydrogens is 737 g/mol. The van der Waals surface area contributed by atoms with Crippen LogP contribution in [-0.4, -0.2) is 59.5 Å². The molecule has 17 heteroatoms. The second kappa shape index (κ2) is 17.3. The monoisotopic (exact) mass is 784 g/mol. The van der Waals surface area contributed by atoms with Crippen LogP contribution in [0.2, 0.25) is 0 Å². The molecule has 292 valence electrons. The van der Waals surface area contributed by atoms with Crippen LogP contribution in [-0.2, 0) is 37.4 Å². The summed E-state index contributed by atoms with van der Waals surface area (Å²) in [4.78, 5) is 26.5. The van der Waals surface area contributed by atoms with Gasteiger partial charge in [-0.15, -0.1) is 10.2 Å². The lowest BCUT2D eigenvalue weighted by atomic mass is 9.93. The van der Waals surface area contributed by atoms with Gasteiger partial charge < -0.3 is 22.6 Å². The highest BCUT2D eigenvalue weighted by molar-refractivity contribution is 7.82. The van der Waals surface area contributed by atoms with Crippen molar-refractivity contribution in [2.75, 3.05) is 11.8 Å². The third kappa shape index (κ3) is 9.98. The number of aromatic nitrogens is 4. The number of carbonyl (C=O) groups is 2. The summed E-state index contributed by atoms with van der Waals surface area (Å²) >= 11 is -4.29. The number of esters is 2. The van der Waals surface area contributed by atoms with Gasteiger partial charge >= 0.3 is 23.2 Å². The van der Waals surface area contributed by atoms with Crippen molar-refractivity contribution < 1.29 is 40.6 Å². The Morgan fingerprint density at radius 1 is 0.815 bits per heavy atom. The van der Waals surface area contributed by atoms with E-state index >= 15 is 0 Å². The van der Waals surface area contributed by atoms with Crippen LogP contribution in [0.5, 0.6) is 17.2 Å². The first-order valence-corrected chi connectivity index (χ1v) is 20.4. The summed E-state index contributed by atoms with van der Waals surface area (Å²) in [7, 11) is 1.43. The van der Waals surface area contributed by atoms with Crippen LogP contribution in [0.15, 0.2) is 42.5 Å². The number of anilines is 1. The van der Waals surface area contributed by atoms with Gasteiger partial charge in [0.05, 0.1) is 30.0 Å². The average molecular weight is 785 g/mol. The smallest absolute Gasteiger partial charge is 0.338 e. The molecule has 54 heavy (non-hydrogen) atoms. The van der Waals surface area contributed by atoms with E-state index in [1.807, 2.05) is 6.07 Å². The molecule has 0 aliphatic heterocycles. The molecule has 2 aliphatic carbocycles. The molecule has 2 fully saturated rings. The molecule has 3 unspecified atom stereocenters. The first-order chi connectivity index (χ1) is 25.9. The summed E-state index contributed by atoms with van der Waals surface area (Å²) in [6.07, 6.45) is 8.82. The molecule has 15 nitrogen and oxygen atoms in total. The molecule has 2 heterocycles. The van der Waals surface area contributed by atoms with Gasteiger partial charge in [-0.25, -0.2) is 14.1 Å². The third-order valence-electron chi connectivity index (χ3n) is 9.42. The molecule has 0 spiro atoms. The first-order valence-electron chi connectivity index (χ1n) is 18.3. The van der Waals surface area contributed by atoms with Crippen LogP contribution in [0.4, 0.5) is 5.69 Å². The minimum absolute atomic E-state index is 0.00178. The molecule has 2 saturated carbocycles. The standard InChI is InChI=1S/C37H48N6O9S2/c1-23(34-39-38-33-22-32(37(2,3)4)40-43(33)34)41-53(46)52-31-21-26(16-17-30(31)48-5)42-54(47)51-29-19-24(35(44)49-27-12-8-6-9-13-27)18-25(20-29)36(45)50-28-14-10-7-11-15-28/h16-23,27-28,40-42H,6-15H2,1-5H3. The van der Waals surface area contributed by atoms with E-state index < -0.39 is 40.5 Å². The zero-order valence-electron chi connectivity index (χ0n) is 31.2. The maximum Gasteiger partial charge on any atom is 0.338 e. The van der Waals surface area contributed by atoms with E-state index in [0.29, 0.717) is 11.5 Å².